The first-order valence-corrected chi connectivity index (χ1v) is 9.30. The van der Waals surface area contributed by atoms with Crippen LogP contribution in [0.25, 0.3) is 16.9 Å². The first-order valence-electron chi connectivity index (χ1n) is 9.30. The van der Waals surface area contributed by atoms with Gasteiger partial charge in [0.2, 0.25) is 0 Å². The van der Waals surface area contributed by atoms with Crippen LogP contribution in [0.4, 0.5) is 0 Å². The molecule has 0 unspecified atom stereocenters. The molecule has 2 aromatic carbocycles. The fourth-order valence-electron chi connectivity index (χ4n) is 3.71. The number of aliphatic carboxylic acids is 1. The molecule has 1 saturated heterocycles. The molecule has 1 fully saturated rings. The number of likely N-dealkylation sites (tertiary alicyclic amines) is 1. The van der Waals surface area contributed by atoms with Crippen molar-refractivity contribution >= 4 is 5.97 Å². The summed E-state index contributed by atoms with van der Waals surface area (Å²) in [5.41, 5.74) is 5.21. The van der Waals surface area contributed by atoms with Crippen molar-refractivity contribution in [2.75, 3.05) is 6.54 Å². The van der Waals surface area contributed by atoms with Crippen LogP contribution in [-0.4, -0.2) is 38.3 Å². The molecule has 27 heavy (non-hydrogen) atoms. The van der Waals surface area contributed by atoms with Gasteiger partial charge in [0.05, 0.1) is 11.4 Å². The van der Waals surface area contributed by atoms with Gasteiger partial charge in [-0.2, -0.15) is 5.10 Å². The van der Waals surface area contributed by atoms with Crippen molar-refractivity contribution in [2.45, 2.75) is 32.4 Å². The highest BCUT2D eigenvalue weighted by atomic mass is 16.4. The number of carboxylic acid groups (broad SMARTS) is 1. The van der Waals surface area contributed by atoms with Crippen LogP contribution < -0.4 is 0 Å². The van der Waals surface area contributed by atoms with E-state index in [-0.39, 0.29) is 0 Å². The topological polar surface area (TPSA) is 58.4 Å². The summed E-state index contributed by atoms with van der Waals surface area (Å²) >= 11 is 0. The third-order valence-electron chi connectivity index (χ3n) is 5.16. The Bertz CT molecular complexity index is 932. The van der Waals surface area contributed by atoms with Crippen molar-refractivity contribution in [3.05, 3.63) is 71.9 Å². The zero-order valence-electron chi connectivity index (χ0n) is 15.4. The maximum atomic E-state index is 11.6. The Morgan fingerprint density at radius 2 is 1.89 bits per heavy atom. The number of benzene rings is 2. The number of rotatable bonds is 5. The molecule has 0 aliphatic carbocycles. The largest absolute Gasteiger partial charge is 0.480 e. The number of hydrogen-bond donors (Lipinski definition) is 1. The maximum Gasteiger partial charge on any atom is 0.320 e. The van der Waals surface area contributed by atoms with Gasteiger partial charge in [0.15, 0.2) is 0 Å². The van der Waals surface area contributed by atoms with Crippen LogP contribution in [0.5, 0.6) is 0 Å². The van der Waals surface area contributed by atoms with Gasteiger partial charge in [0, 0.05) is 23.9 Å². The highest BCUT2D eigenvalue weighted by Crippen LogP contribution is 2.28. The van der Waals surface area contributed by atoms with Crippen molar-refractivity contribution in [3.8, 4) is 16.9 Å². The number of nitrogens with zero attached hydrogens (tertiary/aromatic N) is 3. The lowest BCUT2D eigenvalue weighted by atomic mass is 10.1. The van der Waals surface area contributed by atoms with Crippen LogP contribution in [0.3, 0.4) is 0 Å². The van der Waals surface area contributed by atoms with Crippen molar-refractivity contribution in [3.63, 3.8) is 0 Å². The average Bonchev–Trinajstić information content (AvgIpc) is 3.31. The highest BCUT2D eigenvalue weighted by molar-refractivity contribution is 5.74. The number of hydrogen-bond acceptors (Lipinski definition) is 3. The summed E-state index contributed by atoms with van der Waals surface area (Å²) in [6.45, 7) is 3.46. The van der Waals surface area contributed by atoms with Crippen LogP contribution in [0.15, 0.2) is 60.8 Å². The van der Waals surface area contributed by atoms with E-state index >= 15 is 0 Å². The summed E-state index contributed by atoms with van der Waals surface area (Å²) in [5, 5.41) is 14.3. The first-order chi connectivity index (χ1) is 13.1. The molecule has 1 aromatic heterocycles. The molecule has 4 rings (SSSR count). The molecule has 0 radical (unpaired) electrons. The predicted molar refractivity (Wildman–Crippen MR) is 105 cm³/mol. The number of aryl methyl sites for hydroxylation is 1. The summed E-state index contributed by atoms with van der Waals surface area (Å²) < 4.78 is 1.89. The standard InChI is InChI=1S/C22H23N3O2/c1-16-9-11-17(12-10-16)21-18(14-24-13-5-8-20(24)22(26)27)15-25(23-21)19-6-3-2-4-7-19/h2-4,6-7,9-12,15,20H,5,8,13-14H2,1H3,(H,26,27)/t20-/m0/s1. The summed E-state index contributed by atoms with van der Waals surface area (Å²) in [5.74, 6) is -0.736. The third-order valence-corrected chi connectivity index (χ3v) is 5.16. The lowest BCUT2D eigenvalue weighted by Gasteiger charge is -2.20. The van der Waals surface area contributed by atoms with E-state index in [1.807, 2.05) is 46.1 Å². The van der Waals surface area contributed by atoms with Crippen LogP contribution in [0.1, 0.15) is 24.0 Å². The predicted octanol–water partition coefficient (Wildman–Crippen LogP) is 3.90. The van der Waals surface area contributed by atoms with Crippen LogP contribution in [-0.2, 0) is 11.3 Å². The van der Waals surface area contributed by atoms with Gasteiger partial charge in [-0.1, -0.05) is 48.0 Å². The second-order valence-corrected chi connectivity index (χ2v) is 7.12. The van der Waals surface area contributed by atoms with Gasteiger partial charge in [-0.3, -0.25) is 9.69 Å². The molecule has 1 aliphatic rings. The quantitative estimate of drug-likeness (QED) is 0.749. The molecule has 138 valence electrons. The van der Waals surface area contributed by atoms with Crippen molar-refractivity contribution in [2.24, 2.45) is 0 Å². The van der Waals surface area contributed by atoms with Gasteiger partial charge in [0.1, 0.15) is 6.04 Å². The molecule has 5 nitrogen and oxygen atoms in total. The number of aromatic nitrogens is 2. The lowest BCUT2D eigenvalue weighted by molar-refractivity contribution is -0.142. The van der Waals surface area contributed by atoms with Crippen LogP contribution in [0, 0.1) is 6.92 Å². The molecule has 2 heterocycles. The maximum absolute atomic E-state index is 11.6. The molecular formula is C22H23N3O2. The summed E-state index contributed by atoms with van der Waals surface area (Å²) in [6, 6.07) is 17.9. The Balaban J connectivity index is 1.73. The zero-order valence-corrected chi connectivity index (χ0v) is 15.4. The van der Waals surface area contributed by atoms with E-state index in [4.69, 9.17) is 5.10 Å². The average molecular weight is 361 g/mol. The van der Waals surface area contributed by atoms with Gasteiger partial charge < -0.3 is 5.11 Å². The van der Waals surface area contributed by atoms with E-state index in [0.717, 1.165) is 35.5 Å². The van der Waals surface area contributed by atoms with Crippen molar-refractivity contribution < 1.29 is 9.90 Å². The van der Waals surface area contributed by atoms with Crippen molar-refractivity contribution in [1.29, 1.82) is 0 Å². The normalized spacial score (nSPS) is 17.3. The summed E-state index contributed by atoms with van der Waals surface area (Å²) in [4.78, 5) is 13.6. The van der Waals surface area contributed by atoms with Gasteiger partial charge in [-0.15, -0.1) is 0 Å². The Hall–Kier alpha value is -2.92. The molecule has 5 heteroatoms. The number of carbonyl (C=O) groups is 1. The molecule has 0 saturated carbocycles. The molecule has 1 N–H and O–H groups in total. The number of carboxylic acids is 1. The second kappa shape index (κ2) is 7.37. The minimum absolute atomic E-state index is 0.407. The minimum Gasteiger partial charge on any atom is -0.480 e. The van der Waals surface area contributed by atoms with E-state index in [0.29, 0.717) is 13.0 Å². The van der Waals surface area contributed by atoms with Gasteiger partial charge in [-0.25, -0.2) is 4.68 Å². The van der Waals surface area contributed by atoms with Crippen LogP contribution in [0.2, 0.25) is 0 Å². The first kappa shape index (κ1) is 17.5. The SMILES string of the molecule is Cc1ccc(-c2nn(-c3ccccc3)cc2CN2CCC[C@H]2C(=O)O)cc1. The van der Waals surface area contributed by atoms with E-state index < -0.39 is 12.0 Å². The fourth-order valence-corrected chi connectivity index (χ4v) is 3.71. The Kier molecular flexibility index (Phi) is 4.77. The molecule has 1 aliphatic heterocycles. The molecule has 0 spiro atoms. The van der Waals surface area contributed by atoms with Gasteiger partial charge in [0.25, 0.3) is 0 Å². The molecule has 1 atom stereocenters. The van der Waals surface area contributed by atoms with Crippen molar-refractivity contribution in [1.82, 2.24) is 14.7 Å². The van der Waals surface area contributed by atoms with E-state index in [9.17, 15) is 9.90 Å². The Morgan fingerprint density at radius 3 is 2.59 bits per heavy atom. The Labute approximate surface area is 158 Å². The molecular weight excluding hydrogens is 338 g/mol. The van der Waals surface area contributed by atoms with E-state index in [2.05, 4.69) is 31.2 Å². The molecule has 3 aromatic rings. The fraction of sp³-hybridized carbons (Fsp3) is 0.273. The molecule has 0 bridgehead atoms. The van der Waals surface area contributed by atoms with E-state index in [1.54, 1.807) is 0 Å². The second-order valence-electron chi connectivity index (χ2n) is 7.12. The van der Waals surface area contributed by atoms with Gasteiger partial charge >= 0.3 is 5.97 Å². The third kappa shape index (κ3) is 3.64. The monoisotopic (exact) mass is 361 g/mol. The van der Waals surface area contributed by atoms with Crippen LogP contribution >= 0.6 is 0 Å². The summed E-state index contributed by atoms with van der Waals surface area (Å²) in [7, 11) is 0. The molecule has 0 amide bonds. The Morgan fingerprint density at radius 1 is 1.15 bits per heavy atom. The highest BCUT2D eigenvalue weighted by Gasteiger charge is 2.31. The van der Waals surface area contributed by atoms with Gasteiger partial charge in [-0.05, 0) is 38.4 Å². The number of para-hydroxylation sites is 1. The smallest absolute Gasteiger partial charge is 0.320 e. The summed E-state index contributed by atoms with van der Waals surface area (Å²) in [6.07, 6.45) is 3.66. The zero-order chi connectivity index (χ0) is 18.8. The van der Waals surface area contributed by atoms with E-state index in [1.165, 1.54) is 5.56 Å². The lowest BCUT2D eigenvalue weighted by Crippen LogP contribution is -2.35. The minimum atomic E-state index is -0.736.